The topological polar surface area (TPSA) is 60.7 Å². The first-order valence-electron chi connectivity index (χ1n) is 6.52. The van der Waals surface area contributed by atoms with Crippen LogP contribution in [0.2, 0.25) is 0 Å². The molecule has 1 aromatic rings. The zero-order chi connectivity index (χ0) is 13.2. The molecule has 2 heterocycles. The van der Waals surface area contributed by atoms with Gasteiger partial charge in [-0.15, -0.1) is 0 Å². The molecule has 2 fully saturated rings. The summed E-state index contributed by atoms with van der Waals surface area (Å²) in [7, 11) is 0. The van der Waals surface area contributed by atoms with E-state index in [0.29, 0.717) is 23.6 Å². The summed E-state index contributed by atoms with van der Waals surface area (Å²) in [4.78, 5) is 12.0. The molecule has 0 aromatic carbocycles. The Labute approximate surface area is 119 Å². The second-order valence-corrected chi connectivity index (χ2v) is 5.69. The third-order valence-electron chi connectivity index (χ3n) is 3.61. The number of hydrogen-bond acceptors (Lipinski definition) is 4. The molecular formula is C13H16BrNO4. The van der Waals surface area contributed by atoms with Gasteiger partial charge in [-0.2, -0.15) is 0 Å². The number of furan rings is 1. The van der Waals surface area contributed by atoms with E-state index in [-0.39, 0.29) is 24.2 Å². The lowest BCUT2D eigenvalue weighted by atomic mass is 9.89. The van der Waals surface area contributed by atoms with Gasteiger partial charge in [0, 0.05) is 6.04 Å². The van der Waals surface area contributed by atoms with Gasteiger partial charge in [0.2, 0.25) is 0 Å². The smallest absolute Gasteiger partial charge is 0.287 e. The lowest BCUT2D eigenvalue weighted by Gasteiger charge is -2.38. The van der Waals surface area contributed by atoms with Crippen LogP contribution in [0.1, 0.15) is 29.8 Å². The van der Waals surface area contributed by atoms with Crippen LogP contribution in [-0.2, 0) is 9.47 Å². The van der Waals surface area contributed by atoms with Crippen LogP contribution in [0.3, 0.4) is 0 Å². The van der Waals surface area contributed by atoms with E-state index < -0.39 is 0 Å². The normalized spacial score (nSPS) is 30.7. The summed E-state index contributed by atoms with van der Waals surface area (Å²) < 4.78 is 17.2. The summed E-state index contributed by atoms with van der Waals surface area (Å²) in [5.41, 5.74) is 0. The van der Waals surface area contributed by atoms with Gasteiger partial charge in [0.15, 0.2) is 10.4 Å². The van der Waals surface area contributed by atoms with Crippen LogP contribution >= 0.6 is 15.9 Å². The molecule has 1 amide bonds. The Hall–Kier alpha value is -0.850. The molecule has 1 aliphatic carbocycles. The monoisotopic (exact) mass is 329 g/mol. The summed E-state index contributed by atoms with van der Waals surface area (Å²) in [6.45, 7) is 1.32. The van der Waals surface area contributed by atoms with E-state index in [0.717, 1.165) is 19.3 Å². The van der Waals surface area contributed by atoms with E-state index in [1.807, 2.05) is 0 Å². The van der Waals surface area contributed by atoms with Crippen molar-refractivity contribution >= 4 is 21.8 Å². The second-order valence-electron chi connectivity index (χ2n) is 4.91. The lowest BCUT2D eigenvalue weighted by molar-refractivity contribution is -0.157. The summed E-state index contributed by atoms with van der Waals surface area (Å²) >= 11 is 3.19. The van der Waals surface area contributed by atoms with Gasteiger partial charge in [-0.3, -0.25) is 4.79 Å². The predicted octanol–water partition coefficient (Wildman–Crippen LogP) is 2.11. The second kappa shape index (κ2) is 5.64. The number of carbonyl (C=O) groups is 1. The van der Waals surface area contributed by atoms with Crippen molar-refractivity contribution in [2.75, 3.05) is 13.2 Å². The molecule has 1 N–H and O–H groups in total. The fraction of sp³-hybridized carbons (Fsp3) is 0.615. The minimum Gasteiger partial charge on any atom is -0.444 e. The first-order chi connectivity index (χ1) is 9.22. The molecule has 3 rings (SSSR count). The highest BCUT2D eigenvalue weighted by Crippen LogP contribution is 2.27. The zero-order valence-corrected chi connectivity index (χ0v) is 12.0. The Kier molecular flexibility index (Phi) is 3.91. The fourth-order valence-corrected chi connectivity index (χ4v) is 3.00. The van der Waals surface area contributed by atoms with Crippen molar-refractivity contribution in [3.05, 3.63) is 22.6 Å². The molecule has 3 atom stereocenters. The maximum Gasteiger partial charge on any atom is 0.287 e. The number of nitrogens with one attached hydrogen (secondary N) is 1. The maximum atomic E-state index is 12.0. The SMILES string of the molecule is O=C(N[C@@H]1CC[C@H]2OCCO[C@H]2C1)c1ccc(Br)o1. The molecule has 5 nitrogen and oxygen atoms in total. The van der Waals surface area contributed by atoms with E-state index in [1.54, 1.807) is 12.1 Å². The highest BCUT2D eigenvalue weighted by Gasteiger charge is 2.34. The third-order valence-corrected chi connectivity index (χ3v) is 4.04. The molecular weight excluding hydrogens is 314 g/mol. The molecule has 1 saturated heterocycles. The molecule has 104 valence electrons. The summed E-state index contributed by atoms with van der Waals surface area (Å²) in [6, 6.07) is 3.49. The molecule has 19 heavy (non-hydrogen) atoms. The van der Waals surface area contributed by atoms with Gasteiger partial charge in [-0.05, 0) is 47.3 Å². The Balaban J connectivity index is 1.57. The van der Waals surface area contributed by atoms with Crippen LogP contribution in [0.25, 0.3) is 0 Å². The third kappa shape index (κ3) is 3.01. The zero-order valence-electron chi connectivity index (χ0n) is 10.4. The van der Waals surface area contributed by atoms with Gasteiger partial charge in [-0.25, -0.2) is 0 Å². The average molecular weight is 330 g/mol. The van der Waals surface area contributed by atoms with Gasteiger partial charge in [0.1, 0.15) is 0 Å². The molecule has 1 saturated carbocycles. The van der Waals surface area contributed by atoms with Crippen LogP contribution in [0.5, 0.6) is 0 Å². The van der Waals surface area contributed by atoms with Crippen molar-refractivity contribution in [1.29, 1.82) is 0 Å². The van der Waals surface area contributed by atoms with Crippen LogP contribution in [0, 0.1) is 0 Å². The summed E-state index contributed by atoms with van der Waals surface area (Å²) in [6.07, 6.45) is 2.95. The van der Waals surface area contributed by atoms with Gasteiger partial charge in [0.05, 0.1) is 25.4 Å². The van der Waals surface area contributed by atoms with Crippen molar-refractivity contribution in [2.24, 2.45) is 0 Å². The Morgan fingerprint density at radius 3 is 2.74 bits per heavy atom. The summed E-state index contributed by atoms with van der Waals surface area (Å²) in [5, 5.41) is 2.99. The van der Waals surface area contributed by atoms with E-state index >= 15 is 0 Å². The Bertz CT molecular complexity index is 461. The van der Waals surface area contributed by atoms with E-state index in [4.69, 9.17) is 13.9 Å². The first kappa shape index (κ1) is 13.1. The van der Waals surface area contributed by atoms with Crippen LogP contribution in [-0.4, -0.2) is 37.4 Å². The van der Waals surface area contributed by atoms with Gasteiger partial charge in [0.25, 0.3) is 5.91 Å². The standard InChI is InChI=1S/C13H16BrNO4/c14-12-4-3-10(19-12)13(16)15-8-1-2-9-11(7-8)18-6-5-17-9/h3-4,8-9,11H,1-2,5-7H2,(H,15,16)/t8-,9-,11+/m1/s1. The van der Waals surface area contributed by atoms with E-state index in [1.165, 1.54) is 0 Å². The van der Waals surface area contributed by atoms with Gasteiger partial charge >= 0.3 is 0 Å². The lowest BCUT2D eigenvalue weighted by Crippen LogP contribution is -2.49. The quantitative estimate of drug-likeness (QED) is 0.902. The highest BCUT2D eigenvalue weighted by atomic mass is 79.9. The Morgan fingerprint density at radius 1 is 1.21 bits per heavy atom. The number of halogens is 1. The largest absolute Gasteiger partial charge is 0.444 e. The number of fused-ring (bicyclic) bond motifs is 1. The molecule has 0 spiro atoms. The number of ether oxygens (including phenoxy) is 2. The molecule has 1 aromatic heterocycles. The van der Waals surface area contributed by atoms with Crippen molar-refractivity contribution in [3.8, 4) is 0 Å². The minimum absolute atomic E-state index is 0.108. The molecule has 0 radical (unpaired) electrons. The molecule has 0 bridgehead atoms. The maximum absolute atomic E-state index is 12.0. The number of rotatable bonds is 2. The van der Waals surface area contributed by atoms with E-state index in [9.17, 15) is 4.79 Å². The number of carbonyl (C=O) groups excluding carboxylic acids is 1. The highest BCUT2D eigenvalue weighted by molar-refractivity contribution is 9.10. The predicted molar refractivity (Wildman–Crippen MR) is 71.0 cm³/mol. The van der Waals surface area contributed by atoms with Gasteiger partial charge < -0.3 is 19.2 Å². The number of amides is 1. The first-order valence-corrected chi connectivity index (χ1v) is 7.31. The minimum atomic E-state index is -0.175. The molecule has 1 aliphatic heterocycles. The van der Waals surface area contributed by atoms with E-state index in [2.05, 4.69) is 21.2 Å². The average Bonchev–Trinajstić information content (AvgIpc) is 2.85. The summed E-state index contributed by atoms with van der Waals surface area (Å²) in [5.74, 6) is 0.153. The van der Waals surface area contributed by atoms with Crippen molar-refractivity contribution in [1.82, 2.24) is 5.32 Å². The van der Waals surface area contributed by atoms with Crippen LogP contribution < -0.4 is 5.32 Å². The van der Waals surface area contributed by atoms with Crippen molar-refractivity contribution < 1.29 is 18.7 Å². The van der Waals surface area contributed by atoms with Crippen LogP contribution in [0.4, 0.5) is 0 Å². The Morgan fingerprint density at radius 2 is 2.00 bits per heavy atom. The van der Waals surface area contributed by atoms with Crippen molar-refractivity contribution in [3.63, 3.8) is 0 Å². The fourth-order valence-electron chi connectivity index (χ4n) is 2.69. The van der Waals surface area contributed by atoms with Crippen LogP contribution in [0.15, 0.2) is 21.2 Å². The van der Waals surface area contributed by atoms with Crippen molar-refractivity contribution in [2.45, 2.75) is 37.5 Å². The molecule has 6 heteroatoms. The molecule has 0 unspecified atom stereocenters. The van der Waals surface area contributed by atoms with Gasteiger partial charge in [-0.1, -0.05) is 0 Å². The molecule has 2 aliphatic rings. The number of hydrogen-bond donors (Lipinski definition) is 1.